The summed E-state index contributed by atoms with van der Waals surface area (Å²) in [4.78, 5) is 38.5. The van der Waals surface area contributed by atoms with Crippen molar-refractivity contribution in [3.63, 3.8) is 0 Å². The van der Waals surface area contributed by atoms with E-state index in [0.29, 0.717) is 43.2 Å². The number of carboxylic acid groups (broad SMARTS) is 2. The minimum Gasteiger partial charge on any atom is -0.480 e. The quantitative estimate of drug-likeness (QED) is 0.301. The molecule has 0 aliphatic heterocycles. The molecule has 0 radical (unpaired) electrons. The summed E-state index contributed by atoms with van der Waals surface area (Å²) in [6.07, 6.45) is 0.662. The van der Waals surface area contributed by atoms with Gasteiger partial charge >= 0.3 is 11.9 Å². The summed E-state index contributed by atoms with van der Waals surface area (Å²) < 4.78 is 5.75. The number of carboxylic acids is 2. The third-order valence-corrected chi connectivity index (χ3v) is 5.51. The molecule has 3 rings (SSSR count). The fourth-order valence-electron chi connectivity index (χ4n) is 3.75. The average Bonchev–Trinajstić information content (AvgIpc) is 2.86. The first kappa shape index (κ1) is 27.4. The minimum atomic E-state index is -0.998. The lowest BCUT2D eigenvalue weighted by atomic mass is 10.1. The van der Waals surface area contributed by atoms with Crippen LogP contribution in [0.4, 0.5) is 5.69 Å². The number of hydrogen-bond acceptors (Lipinski definition) is 6. The van der Waals surface area contributed by atoms with Gasteiger partial charge in [-0.1, -0.05) is 30.3 Å². The average molecular weight is 506 g/mol. The van der Waals surface area contributed by atoms with Gasteiger partial charge in [0, 0.05) is 18.8 Å². The second-order valence-electron chi connectivity index (χ2n) is 8.69. The van der Waals surface area contributed by atoms with E-state index in [9.17, 15) is 19.5 Å². The van der Waals surface area contributed by atoms with E-state index in [1.807, 2.05) is 37.4 Å². The number of para-hydroxylation sites is 1. The number of nitrogens with zero attached hydrogens (tertiary/aromatic N) is 2. The van der Waals surface area contributed by atoms with Crippen LogP contribution in [0.3, 0.4) is 0 Å². The first-order valence-electron chi connectivity index (χ1n) is 11.9. The van der Waals surface area contributed by atoms with Crippen LogP contribution in [0.1, 0.15) is 22.3 Å². The maximum absolute atomic E-state index is 12.6. The molecule has 0 aliphatic carbocycles. The Kier molecular flexibility index (Phi) is 10.2. The molecule has 0 saturated heterocycles. The Balaban J connectivity index is 1.45. The minimum absolute atomic E-state index is 0.0467. The Bertz CT molecular complexity index is 1170. The van der Waals surface area contributed by atoms with Gasteiger partial charge in [-0.3, -0.25) is 14.5 Å². The summed E-state index contributed by atoms with van der Waals surface area (Å²) in [5.41, 5.74) is 1.81. The third kappa shape index (κ3) is 9.75. The van der Waals surface area contributed by atoms with Crippen molar-refractivity contribution in [3.8, 4) is 11.5 Å². The van der Waals surface area contributed by atoms with E-state index < -0.39 is 11.9 Å². The van der Waals surface area contributed by atoms with Crippen molar-refractivity contribution in [2.45, 2.75) is 13.0 Å². The van der Waals surface area contributed by atoms with E-state index in [1.54, 1.807) is 53.4 Å². The molecule has 0 spiro atoms. The molecule has 37 heavy (non-hydrogen) atoms. The number of benzene rings is 3. The number of amides is 1. The van der Waals surface area contributed by atoms with E-state index in [1.165, 1.54) is 0 Å². The molecule has 0 bridgehead atoms. The Morgan fingerprint density at radius 3 is 2.08 bits per heavy atom. The zero-order valence-corrected chi connectivity index (χ0v) is 20.7. The monoisotopic (exact) mass is 505 g/mol. The van der Waals surface area contributed by atoms with Crippen molar-refractivity contribution < 1.29 is 29.3 Å². The highest BCUT2D eigenvalue weighted by atomic mass is 16.5. The van der Waals surface area contributed by atoms with Crippen LogP contribution < -0.4 is 10.1 Å². The van der Waals surface area contributed by atoms with Crippen LogP contribution >= 0.6 is 0 Å². The van der Waals surface area contributed by atoms with Crippen LogP contribution in [0.5, 0.6) is 11.5 Å². The summed E-state index contributed by atoms with van der Waals surface area (Å²) in [5, 5.41) is 21.1. The molecule has 194 valence electrons. The number of rotatable bonds is 14. The molecule has 0 atom stereocenters. The number of aromatic carboxylic acids is 1. The van der Waals surface area contributed by atoms with Gasteiger partial charge in [-0.25, -0.2) is 4.79 Å². The van der Waals surface area contributed by atoms with Gasteiger partial charge in [0.1, 0.15) is 11.5 Å². The van der Waals surface area contributed by atoms with E-state index in [-0.39, 0.29) is 24.6 Å². The van der Waals surface area contributed by atoms with Crippen LogP contribution in [0.25, 0.3) is 0 Å². The van der Waals surface area contributed by atoms with E-state index >= 15 is 0 Å². The third-order valence-electron chi connectivity index (χ3n) is 5.51. The first-order chi connectivity index (χ1) is 17.8. The van der Waals surface area contributed by atoms with Gasteiger partial charge < -0.3 is 25.2 Å². The zero-order chi connectivity index (χ0) is 26.6. The van der Waals surface area contributed by atoms with Gasteiger partial charge in [-0.2, -0.15) is 0 Å². The van der Waals surface area contributed by atoms with Gasteiger partial charge in [0.2, 0.25) is 5.91 Å². The molecule has 0 aliphatic rings. The van der Waals surface area contributed by atoms with Gasteiger partial charge in [-0.15, -0.1) is 0 Å². The zero-order valence-electron chi connectivity index (χ0n) is 20.7. The Hall–Kier alpha value is -4.21. The molecule has 0 fully saturated rings. The van der Waals surface area contributed by atoms with Crippen molar-refractivity contribution >= 4 is 23.5 Å². The lowest BCUT2D eigenvalue weighted by Crippen LogP contribution is -2.38. The van der Waals surface area contributed by atoms with E-state index in [0.717, 1.165) is 5.56 Å². The fraction of sp³-hybridized carbons (Fsp3) is 0.250. The molecular weight excluding hydrogens is 474 g/mol. The van der Waals surface area contributed by atoms with E-state index in [2.05, 4.69) is 10.2 Å². The SMILES string of the molecule is CN(CCCN(CC(=O)O)CC(=O)Nc1ccc(Oc2ccccc2)cc1)Cc1ccc(C(=O)O)cc1. The van der Waals surface area contributed by atoms with E-state index in [4.69, 9.17) is 9.84 Å². The van der Waals surface area contributed by atoms with Crippen LogP contribution in [-0.2, 0) is 16.1 Å². The van der Waals surface area contributed by atoms with Crippen LogP contribution in [-0.4, -0.2) is 71.1 Å². The first-order valence-corrected chi connectivity index (χ1v) is 11.9. The summed E-state index contributed by atoms with van der Waals surface area (Å²) in [6.45, 7) is 1.46. The molecule has 3 aromatic rings. The van der Waals surface area contributed by atoms with Crippen LogP contribution in [0, 0.1) is 0 Å². The summed E-state index contributed by atoms with van der Waals surface area (Å²) in [7, 11) is 1.94. The highest BCUT2D eigenvalue weighted by Gasteiger charge is 2.15. The normalized spacial score (nSPS) is 10.9. The molecule has 9 nitrogen and oxygen atoms in total. The van der Waals surface area contributed by atoms with Gasteiger partial charge in [0.15, 0.2) is 0 Å². The number of hydrogen-bond donors (Lipinski definition) is 3. The highest BCUT2D eigenvalue weighted by Crippen LogP contribution is 2.22. The molecule has 0 heterocycles. The Morgan fingerprint density at radius 1 is 0.811 bits per heavy atom. The van der Waals surface area contributed by atoms with Crippen LogP contribution in [0.2, 0.25) is 0 Å². The summed E-state index contributed by atoms with van der Waals surface area (Å²) >= 11 is 0. The highest BCUT2D eigenvalue weighted by molar-refractivity contribution is 5.92. The van der Waals surface area contributed by atoms with Gasteiger partial charge in [0.25, 0.3) is 0 Å². The van der Waals surface area contributed by atoms with Gasteiger partial charge in [0.05, 0.1) is 18.7 Å². The Morgan fingerprint density at radius 2 is 1.46 bits per heavy atom. The number of ether oxygens (including phenoxy) is 1. The van der Waals surface area contributed by atoms with Crippen molar-refractivity contribution in [2.75, 3.05) is 38.5 Å². The molecule has 3 N–H and O–H groups in total. The molecular formula is C28H31N3O6. The number of aliphatic carboxylic acids is 1. The van der Waals surface area contributed by atoms with Crippen LogP contribution in [0.15, 0.2) is 78.9 Å². The molecule has 3 aromatic carbocycles. The molecule has 0 saturated carbocycles. The predicted octanol–water partition coefficient (Wildman–Crippen LogP) is 4.02. The molecule has 9 heteroatoms. The van der Waals surface area contributed by atoms with Crippen molar-refractivity contribution in [2.24, 2.45) is 0 Å². The number of anilines is 1. The molecule has 0 aromatic heterocycles. The van der Waals surface area contributed by atoms with Crippen molar-refractivity contribution in [1.29, 1.82) is 0 Å². The number of carbonyl (C=O) groups excluding carboxylic acids is 1. The smallest absolute Gasteiger partial charge is 0.335 e. The number of carbonyl (C=O) groups is 3. The molecule has 1 amide bonds. The second kappa shape index (κ2) is 13.8. The second-order valence-corrected chi connectivity index (χ2v) is 8.69. The lowest BCUT2D eigenvalue weighted by molar-refractivity contribution is -0.138. The van der Waals surface area contributed by atoms with Crippen molar-refractivity contribution in [3.05, 3.63) is 90.0 Å². The molecule has 0 unspecified atom stereocenters. The number of nitrogens with one attached hydrogen (secondary N) is 1. The van der Waals surface area contributed by atoms with Gasteiger partial charge in [-0.05, 0) is 74.1 Å². The summed E-state index contributed by atoms with van der Waals surface area (Å²) in [6, 6.07) is 23.0. The van der Waals surface area contributed by atoms with Crippen molar-refractivity contribution in [1.82, 2.24) is 9.80 Å². The lowest BCUT2D eigenvalue weighted by Gasteiger charge is -2.22. The maximum atomic E-state index is 12.6. The Labute approximate surface area is 215 Å². The maximum Gasteiger partial charge on any atom is 0.335 e. The predicted molar refractivity (Wildman–Crippen MR) is 140 cm³/mol. The summed E-state index contributed by atoms with van der Waals surface area (Å²) in [5.74, 6) is -0.910. The topological polar surface area (TPSA) is 119 Å². The fourth-order valence-corrected chi connectivity index (χ4v) is 3.75. The largest absolute Gasteiger partial charge is 0.480 e. The standard InChI is InChI=1S/C28H31N3O6/c1-30(18-21-8-10-22(11-9-21)28(35)36)16-5-17-31(20-27(33)34)19-26(32)29-23-12-14-25(15-13-23)37-24-6-3-2-4-7-24/h2-4,6-15H,5,16-20H2,1H3,(H,29,32)(H,33,34)(H,35,36).